The van der Waals surface area contributed by atoms with Gasteiger partial charge in [-0.2, -0.15) is 0 Å². The van der Waals surface area contributed by atoms with Crippen LogP contribution in [0.1, 0.15) is 5.76 Å². The summed E-state index contributed by atoms with van der Waals surface area (Å²) in [4.78, 5) is 10.7. The molecule has 1 aromatic carbocycles. The van der Waals surface area contributed by atoms with E-state index in [9.17, 15) is 4.79 Å². The Hall–Kier alpha value is -2.49. The summed E-state index contributed by atoms with van der Waals surface area (Å²) in [5.74, 6) is 0.145. The molecule has 0 aliphatic heterocycles. The average Bonchev–Trinajstić information content (AvgIpc) is 2.89. The van der Waals surface area contributed by atoms with E-state index in [2.05, 4.69) is 0 Å². The van der Waals surface area contributed by atoms with Gasteiger partial charge in [-0.3, -0.25) is 0 Å². The Morgan fingerprint density at radius 2 is 2.00 bits per heavy atom. The van der Waals surface area contributed by atoms with Gasteiger partial charge in [0.05, 0.1) is 6.26 Å². The fourth-order valence-corrected chi connectivity index (χ4v) is 1.47. The molecule has 0 saturated heterocycles. The van der Waals surface area contributed by atoms with Crippen molar-refractivity contribution in [3.05, 3.63) is 60.6 Å². The number of hydrogen-bond acceptors (Lipinski definition) is 3. The molecule has 1 N–H and O–H groups in total. The lowest BCUT2D eigenvalue weighted by molar-refractivity contribution is -0.131. The van der Waals surface area contributed by atoms with Gasteiger partial charge in [-0.25, -0.2) is 4.79 Å². The van der Waals surface area contributed by atoms with Crippen molar-refractivity contribution in [2.45, 2.75) is 0 Å². The number of carboxylic acid groups (broad SMARTS) is 1. The molecule has 18 heavy (non-hydrogen) atoms. The van der Waals surface area contributed by atoms with Gasteiger partial charge in [0.15, 0.2) is 0 Å². The maximum atomic E-state index is 10.7. The Labute approximate surface area is 104 Å². The van der Waals surface area contributed by atoms with Gasteiger partial charge in [0.25, 0.3) is 0 Å². The second-order valence-corrected chi connectivity index (χ2v) is 3.59. The molecule has 0 atom stereocenters. The van der Waals surface area contributed by atoms with E-state index >= 15 is 0 Å². The molecule has 0 fully saturated rings. The van der Waals surface area contributed by atoms with E-state index in [0.29, 0.717) is 17.1 Å². The highest BCUT2D eigenvalue weighted by Gasteiger charge is 2.08. The SMILES string of the molecule is O=C(O)/C=C(\COc1ccccc1)c1ccco1. The minimum absolute atomic E-state index is 0.143. The molecule has 1 aromatic heterocycles. The number of hydrogen-bond donors (Lipinski definition) is 1. The summed E-state index contributed by atoms with van der Waals surface area (Å²) in [7, 11) is 0. The molecule has 4 heteroatoms. The van der Waals surface area contributed by atoms with Gasteiger partial charge in [0, 0.05) is 11.6 Å². The Bertz CT molecular complexity index is 526. The summed E-state index contributed by atoms with van der Waals surface area (Å²) in [6.45, 7) is 0.143. The third-order valence-electron chi connectivity index (χ3n) is 2.27. The third kappa shape index (κ3) is 3.25. The van der Waals surface area contributed by atoms with Crippen LogP contribution in [0.3, 0.4) is 0 Å². The molecule has 0 aliphatic rings. The second-order valence-electron chi connectivity index (χ2n) is 3.59. The molecule has 0 bridgehead atoms. The van der Waals surface area contributed by atoms with Crippen LogP contribution in [0, 0.1) is 0 Å². The predicted octanol–water partition coefficient (Wildman–Crippen LogP) is 2.83. The number of carboxylic acids is 1. The van der Waals surface area contributed by atoms with Crippen LogP contribution in [0.25, 0.3) is 5.57 Å². The number of aliphatic carboxylic acids is 1. The molecule has 0 unspecified atom stereocenters. The lowest BCUT2D eigenvalue weighted by atomic mass is 10.2. The highest BCUT2D eigenvalue weighted by Crippen LogP contribution is 2.17. The maximum Gasteiger partial charge on any atom is 0.328 e. The van der Waals surface area contributed by atoms with E-state index < -0.39 is 5.97 Å². The summed E-state index contributed by atoms with van der Waals surface area (Å²) in [5.41, 5.74) is 0.483. The van der Waals surface area contributed by atoms with E-state index in [0.717, 1.165) is 6.08 Å². The molecule has 0 radical (unpaired) electrons. The monoisotopic (exact) mass is 244 g/mol. The topological polar surface area (TPSA) is 59.7 Å². The van der Waals surface area contributed by atoms with E-state index in [1.165, 1.54) is 6.26 Å². The Balaban J connectivity index is 2.10. The lowest BCUT2D eigenvalue weighted by Crippen LogP contribution is -2.02. The lowest BCUT2D eigenvalue weighted by Gasteiger charge is -2.07. The minimum atomic E-state index is -1.03. The van der Waals surface area contributed by atoms with Crippen molar-refractivity contribution in [1.82, 2.24) is 0 Å². The van der Waals surface area contributed by atoms with E-state index in [1.54, 1.807) is 24.3 Å². The smallest absolute Gasteiger partial charge is 0.328 e. The molecular weight excluding hydrogens is 232 g/mol. The first kappa shape index (κ1) is 12.0. The number of rotatable bonds is 5. The number of para-hydroxylation sites is 1. The maximum absolute atomic E-state index is 10.7. The van der Waals surface area contributed by atoms with E-state index in [-0.39, 0.29) is 6.61 Å². The minimum Gasteiger partial charge on any atom is -0.489 e. The van der Waals surface area contributed by atoms with Crippen molar-refractivity contribution in [3.63, 3.8) is 0 Å². The first-order valence-corrected chi connectivity index (χ1v) is 5.41. The highest BCUT2D eigenvalue weighted by atomic mass is 16.5. The van der Waals surface area contributed by atoms with Crippen molar-refractivity contribution in [2.75, 3.05) is 6.61 Å². The molecule has 0 saturated carbocycles. The van der Waals surface area contributed by atoms with Gasteiger partial charge < -0.3 is 14.3 Å². The number of benzene rings is 1. The first-order valence-electron chi connectivity index (χ1n) is 5.41. The van der Waals surface area contributed by atoms with Gasteiger partial charge in [-0.05, 0) is 24.3 Å². The number of furan rings is 1. The van der Waals surface area contributed by atoms with Gasteiger partial charge in [-0.1, -0.05) is 18.2 Å². The standard InChI is InChI=1S/C14H12O4/c15-14(16)9-11(13-7-4-8-17-13)10-18-12-5-2-1-3-6-12/h1-9H,10H2,(H,15,16)/b11-9+. The van der Waals surface area contributed by atoms with Gasteiger partial charge >= 0.3 is 5.97 Å². The Kier molecular flexibility index (Phi) is 3.81. The van der Waals surface area contributed by atoms with Crippen LogP contribution in [0.5, 0.6) is 5.75 Å². The van der Waals surface area contributed by atoms with Crippen molar-refractivity contribution in [3.8, 4) is 5.75 Å². The Morgan fingerprint density at radius 3 is 2.61 bits per heavy atom. The highest BCUT2D eigenvalue weighted by molar-refractivity contribution is 5.89. The number of carbonyl (C=O) groups is 1. The molecule has 4 nitrogen and oxygen atoms in total. The average molecular weight is 244 g/mol. The summed E-state index contributed by atoms with van der Waals surface area (Å²) in [5, 5.41) is 8.81. The molecule has 1 heterocycles. The number of ether oxygens (including phenoxy) is 1. The molecular formula is C14H12O4. The van der Waals surface area contributed by atoms with Crippen LogP contribution < -0.4 is 4.74 Å². The van der Waals surface area contributed by atoms with Crippen molar-refractivity contribution < 1.29 is 19.1 Å². The molecule has 2 rings (SSSR count). The normalized spacial score (nSPS) is 11.2. The van der Waals surface area contributed by atoms with Gasteiger partial charge in [0.1, 0.15) is 18.1 Å². The van der Waals surface area contributed by atoms with E-state index in [1.807, 2.05) is 18.2 Å². The summed E-state index contributed by atoms with van der Waals surface area (Å²) in [6, 6.07) is 12.6. The molecule has 0 spiro atoms. The zero-order valence-electron chi connectivity index (χ0n) is 9.58. The second kappa shape index (κ2) is 5.72. The fourth-order valence-electron chi connectivity index (χ4n) is 1.47. The van der Waals surface area contributed by atoms with E-state index in [4.69, 9.17) is 14.3 Å². The van der Waals surface area contributed by atoms with Crippen LogP contribution in [-0.2, 0) is 4.79 Å². The summed E-state index contributed by atoms with van der Waals surface area (Å²) < 4.78 is 10.7. The quantitative estimate of drug-likeness (QED) is 0.821. The van der Waals surface area contributed by atoms with Crippen molar-refractivity contribution >= 4 is 11.5 Å². The summed E-state index contributed by atoms with van der Waals surface area (Å²) >= 11 is 0. The predicted molar refractivity (Wildman–Crippen MR) is 66.3 cm³/mol. The van der Waals surface area contributed by atoms with Crippen molar-refractivity contribution in [1.29, 1.82) is 0 Å². The molecule has 0 aliphatic carbocycles. The molecule has 0 amide bonds. The molecule has 2 aromatic rings. The largest absolute Gasteiger partial charge is 0.489 e. The first-order chi connectivity index (χ1) is 8.75. The Morgan fingerprint density at radius 1 is 1.22 bits per heavy atom. The summed E-state index contributed by atoms with van der Waals surface area (Å²) in [6.07, 6.45) is 2.58. The van der Waals surface area contributed by atoms with Crippen LogP contribution in [0.4, 0.5) is 0 Å². The zero-order valence-corrected chi connectivity index (χ0v) is 9.58. The van der Waals surface area contributed by atoms with Crippen LogP contribution in [0.2, 0.25) is 0 Å². The van der Waals surface area contributed by atoms with Gasteiger partial charge in [-0.15, -0.1) is 0 Å². The fraction of sp³-hybridized carbons (Fsp3) is 0.0714. The third-order valence-corrected chi connectivity index (χ3v) is 2.27. The van der Waals surface area contributed by atoms with Gasteiger partial charge in [0.2, 0.25) is 0 Å². The molecule has 92 valence electrons. The zero-order chi connectivity index (χ0) is 12.8. The van der Waals surface area contributed by atoms with Crippen molar-refractivity contribution in [2.24, 2.45) is 0 Å². The van der Waals surface area contributed by atoms with Crippen LogP contribution in [0.15, 0.2) is 59.2 Å². The van der Waals surface area contributed by atoms with Crippen LogP contribution >= 0.6 is 0 Å². The van der Waals surface area contributed by atoms with Crippen LogP contribution in [-0.4, -0.2) is 17.7 Å².